The number of nitrogens with one attached hydrogen (secondary N) is 2. The standard InChI is InChI=1S/C25H20FN3O3/c1-17-6-2-4-8-22(17)29-25(31)19(15-27)14-18-10-12-20(13-11-18)32-16-24(30)28-23-9-5-3-7-21(23)26/h2-14H,16H2,1H3,(H,28,30)(H,29,31). The predicted octanol–water partition coefficient (Wildman–Crippen LogP) is 4.70. The molecule has 0 heterocycles. The van der Waals surface area contributed by atoms with Crippen LogP contribution in [0.4, 0.5) is 15.8 Å². The number of halogens is 1. The molecule has 0 spiro atoms. The number of carbonyl (C=O) groups is 2. The summed E-state index contributed by atoms with van der Waals surface area (Å²) in [6.45, 7) is 1.56. The van der Waals surface area contributed by atoms with E-state index in [1.807, 2.05) is 25.1 Å². The van der Waals surface area contributed by atoms with Gasteiger partial charge in [0.05, 0.1) is 5.69 Å². The van der Waals surface area contributed by atoms with E-state index >= 15 is 0 Å². The molecule has 0 unspecified atom stereocenters. The maximum Gasteiger partial charge on any atom is 0.266 e. The number of nitrogens with zero attached hydrogens (tertiary/aromatic N) is 1. The van der Waals surface area contributed by atoms with Crippen molar-refractivity contribution in [3.63, 3.8) is 0 Å². The van der Waals surface area contributed by atoms with Crippen molar-refractivity contribution in [2.24, 2.45) is 0 Å². The fraction of sp³-hybridized carbons (Fsp3) is 0.0800. The van der Waals surface area contributed by atoms with Crippen molar-refractivity contribution in [2.75, 3.05) is 17.2 Å². The van der Waals surface area contributed by atoms with E-state index in [9.17, 15) is 19.2 Å². The fourth-order valence-corrected chi connectivity index (χ4v) is 2.78. The number of carbonyl (C=O) groups excluding carboxylic acids is 2. The van der Waals surface area contributed by atoms with Crippen LogP contribution in [-0.4, -0.2) is 18.4 Å². The van der Waals surface area contributed by atoms with Gasteiger partial charge in [0.15, 0.2) is 6.61 Å². The molecule has 160 valence electrons. The predicted molar refractivity (Wildman–Crippen MR) is 120 cm³/mol. The van der Waals surface area contributed by atoms with Crippen LogP contribution >= 0.6 is 0 Å². The van der Waals surface area contributed by atoms with E-state index < -0.39 is 17.6 Å². The zero-order valence-electron chi connectivity index (χ0n) is 17.3. The summed E-state index contributed by atoms with van der Waals surface area (Å²) in [5.41, 5.74) is 2.17. The molecule has 2 N–H and O–H groups in total. The largest absolute Gasteiger partial charge is 0.484 e. The van der Waals surface area contributed by atoms with E-state index in [2.05, 4.69) is 10.6 Å². The molecule has 0 saturated heterocycles. The summed E-state index contributed by atoms with van der Waals surface area (Å²) in [7, 11) is 0. The van der Waals surface area contributed by atoms with Gasteiger partial charge in [-0.05, 0) is 54.5 Å². The van der Waals surface area contributed by atoms with Crippen LogP contribution in [0.2, 0.25) is 0 Å². The molecule has 3 aromatic carbocycles. The van der Waals surface area contributed by atoms with Crippen molar-refractivity contribution in [3.05, 3.63) is 95.3 Å². The molecule has 32 heavy (non-hydrogen) atoms. The third kappa shape index (κ3) is 6.03. The monoisotopic (exact) mass is 429 g/mol. The Morgan fingerprint density at radius 1 is 0.969 bits per heavy atom. The lowest BCUT2D eigenvalue weighted by Crippen LogP contribution is -2.20. The first-order chi connectivity index (χ1) is 15.5. The number of ether oxygens (including phenoxy) is 1. The molecule has 0 fully saturated rings. The van der Waals surface area contributed by atoms with E-state index in [-0.39, 0.29) is 17.9 Å². The Hall–Kier alpha value is -4.44. The minimum atomic E-state index is -0.531. The van der Waals surface area contributed by atoms with E-state index in [4.69, 9.17) is 4.74 Å². The minimum absolute atomic E-state index is 0.0498. The Labute approximate surface area is 185 Å². The SMILES string of the molecule is Cc1ccccc1NC(=O)C(C#N)=Cc1ccc(OCC(=O)Nc2ccccc2F)cc1. The first-order valence-corrected chi connectivity index (χ1v) is 9.72. The molecule has 0 aliphatic heterocycles. The number of hydrogen-bond donors (Lipinski definition) is 2. The highest BCUT2D eigenvalue weighted by atomic mass is 19.1. The number of benzene rings is 3. The van der Waals surface area contributed by atoms with Crippen molar-refractivity contribution in [3.8, 4) is 11.8 Å². The average Bonchev–Trinajstić information content (AvgIpc) is 2.80. The summed E-state index contributed by atoms with van der Waals surface area (Å²) in [4.78, 5) is 24.4. The summed E-state index contributed by atoms with van der Waals surface area (Å²) in [5.74, 6) is -1.13. The van der Waals surface area contributed by atoms with Crippen LogP contribution in [0.1, 0.15) is 11.1 Å². The first kappa shape index (κ1) is 22.2. The Bertz CT molecular complexity index is 1200. The summed E-state index contributed by atoms with van der Waals surface area (Å²) >= 11 is 0. The zero-order chi connectivity index (χ0) is 22.9. The maximum atomic E-state index is 13.6. The summed E-state index contributed by atoms with van der Waals surface area (Å²) in [5, 5.41) is 14.5. The van der Waals surface area contributed by atoms with E-state index in [0.717, 1.165) is 5.56 Å². The van der Waals surface area contributed by atoms with E-state index in [1.54, 1.807) is 42.5 Å². The molecule has 0 bridgehead atoms. The van der Waals surface area contributed by atoms with Gasteiger partial charge in [0.1, 0.15) is 23.2 Å². The smallest absolute Gasteiger partial charge is 0.266 e. The van der Waals surface area contributed by atoms with Crippen molar-refractivity contribution in [1.82, 2.24) is 0 Å². The normalized spacial score (nSPS) is 10.7. The molecule has 0 atom stereocenters. The summed E-state index contributed by atoms with van der Waals surface area (Å²) < 4.78 is 19.0. The van der Waals surface area contributed by atoms with Gasteiger partial charge in [-0.25, -0.2) is 4.39 Å². The van der Waals surface area contributed by atoms with Crippen molar-refractivity contribution in [2.45, 2.75) is 6.92 Å². The third-order valence-corrected chi connectivity index (χ3v) is 4.47. The molecule has 6 nitrogen and oxygen atoms in total. The topological polar surface area (TPSA) is 91.2 Å². The van der Waals surface area contributed by atoms with Crippen LogP contribution < -0.4 is 15.4 Å². The Kier molecular flexibility index (Phi) is 7.33. The van der Waals surface area contributed by atoms with Crippen LogP contribution in [0, 0.1) is 24.1 Å². The molecule has 0 aromatic heterocycles. The molecule has 2 amide bonds. The molecular formula is C25H20FN3O3. The Morgan fingerprint density at radius 3 is 2.28 bits per heavy atom. The molecule has 0 saturated carbocycles. The fourth-order valence-electron chi connectivity index (χ4n) is 2.78. The highest BCUT2D eigenvalue weighted by Gasteiger charge is 2.11. The number of rotatable bonds is 7. The molecular weight excluding hydrogens is 409 g/mol. The van der Waals surface area contributed by atoms with Gasteiger partial charge < -0.3 is 15.4 Å². The summed E-state index contributed by atoms with van der Waals surface area (Å²) in [6.07, 6.45) is 1.46. The van der Waals surface area contributed by atoms with Gasteiger partial charge in [0.2, 0.25) is 0 Å². The number of amides is 2. The second kappa shape index (κ2) is 10.5. The lowest BCUT2D eigenvalue weighted by Gasteiger charge is -2.09. The third-order valence-electron chi connectivity index (χ3n) is 4.47. The first-order valence-electron chi connectivity index (χ1n) is 9.72. The van der Waals surface area contributed by atoms with Crippen LogP contribution in [-0.2, 0) is 9.59 Å². The van der Waals surface area contributed by atoms with Gasteiger partial charge >= 0.3 is 0 Å². The average molecular weight is 429 g/mol. The molecule has 3 aromatic rings. The lowest BCUT2D eigenvalue weighted by atomic mass is 10.1. The number of aryl methyl sites for hydroxylation is 1. The minimum Gasteiger partial charge on any atom is -0.484 e. The summed E-state index contributed by atoms with van der Waals surface area (Å²) in [6, 6.07) is 21.6. The van der Waals surface area contributed by atoms with Gasteiger partial charge in [-0.1, -0.05) is 42.5 Å². The van der Waals surface area contributed by atoms with Gasteiger partial charge in [-0.3, -0.25) is 9.59 Å². The van der Waals surface area contributed by atoms with E-state index in [1.165, 1.54) is 24.3 Å². The lowest BCUT2D eigenvalue weighted by molar-refractivity contribution is -0.118. The van der Waals surface area contributed by atoms with Gasteiger partial charge in [-0.15, -0.1) is 0 Å². The zero-order valence-corrected chi connectivity index (χ0v) is 17.3. The Balaban J connectivity index is 1.59. The van der Waals surface area contributed by atoms with Gasteiger partial charge in [-0.2, -0.15) is 5.26 Å². The molecule has 7 heteroatoms. The second-order valence-electron chi connectivity index (χ2n) is 6.82. The number of para-hydroxylation sites is 2. The van der Waals surface area contributed by atoms with Crippen molar-refractivity contribution >= 4 is 29.3 Å². The van der Waals surface area contributed by atoms with Crippen molar-refractivity contribution < 1.29 is 18.7 Å². The molecule has 0 aliphatic carbocycles. The van der Waals surface area contributed by atoms with Crippen molar-refractivity contribution in [1.29, 1.82) is 5.26 Å². The van der Waals surface area contributed by atoms with Crippen LogP contribution in [0.25, 0.3) is 6.08 Å². The van der Waals surface area contributed by atoms with Gasteiger partial charge in [0.25, 0.3) is 11.8 Å². The highest BCUT2D eigenvalue weighted by Crippen LogP contribution is 2.18. The van der Waals surface area contributed by atoms with Crippen LogP contribution in [0.5, 0.6) is 5.75 Å². The molecule has 0 aliphatic rings. The van der Waals surface area contributed by atoms with Gasteiger partial charge in [0, 0.05) is 5.69 Å². The Morgan fingerprint density at radius 2 is 1.62 bits per heavy atom. The van der Waals surface area contributed by atoms with Crippen LogP contribution in [0.15, 0.2) is 78.4 Å². The number of anilines is 2. The van der Waals surface area contributed by atoms with Crippen LogP contribution in [0.3, 0.4) is 0 Å². The highest BCUT2D eigenvalue weighted by molar-refractivity contribution is 6.09. The molecule has 0 radical (unpaired) electrons. The number of hydrogen-bond acceptors (Lipinski definition) is 4. The quantitative estimate of drug-likeness (QED) is 0.421. The van der Waals surface area contributed by atoms with E-state index in [0.29, 0.717) is 17.0 Å². The molecule has 3 rings (SSSR count). The number of nitriles is 1. The second-order valence-corrected chi connectivity index (χ2v) is 6.82. The maximum absolute atomic E-state index is 13.6.